The Hall–Kier alpha value is -0.830. The highest BCUT2D eigenvalue weighted by Crippen LogP contribution is 2.02. The van der Waals surface area contributed by atoms with Crippen LogP contribution in [-0.4, -0.2) is 44.7 Å². The van der Waals surface area contributed by atoms with Crippen LogP contribution < -0.4 is 0 Å². The van der Waals surface area contributed by atoms with Crippen molar-refractivity contribution in [2.75, 3.05) is 34.3 Å². The summed E-state index contributed by atoms with van der Waals surface area (Å²) in [5, 5.41) is 0. The first-order chi connectivity index (χ1) is 6.83. The summed E-state index contributed by atoms with van der Waals surface area (Å²) >= 11 is 0. The Kier molecular flexibility index (Phi) is 6.25. The van der Waals surface area contributed by atoms with Crippen molar-refractivity contribution in [2.24, 2.45) is 0 Å². The van der Waals surface area contributed by atoms with Crippen LogP contribution in [0.3, 0.4) is 0 Å². The molecule has 0 atom stereocenters. The van der Waals surface area contributed by atoms with Crippen molar-refractivity contribution in [3.63, 3.8) is 0 Å². The number of esters is 1. The fourth-order valence-corrected chi connectivity index (χ4v) is 1.15. The van der Waals surface area contributed by atoms with Crippen LogP contribution in [0.4, 0.5) is 0 Å². The summed E-state index contributed by atoms with van der Waals surface area (Å²) in [4.78, 5) is 11.0. The molecule has 0 unspecified atom stereocenters. The van der Waals surface area contributed by atoms with Gasteiger partial charge in [-0.05, 0) is 26.2 Å². The molecule has 0 aromatic carbocycles. The predicted octanol–water partition coefficient (Wildman–Crippen LogP) is 1.98. The maximum atomic E-state index is 11.0. The Labute approximate surface area is 93.3 Å². The van der Waals surface area contributed by atoms with E-state index in [2.05, 4.69) is 27.7 Å². The Balaban J connectivity index is 3.33. The summed E-state index contributed by atoms with van der Waals surface area (Å²) in [5.41, 5.74) is 0.473. The summed E-state index contributed by atoms with van der Waals surface area (Å²) in [6, 6.07) is 0. The average molecular weight is 214 g/mol. The highest BCUT2D eigenvalue weighted by molar-refractivity contribution is 5.86. The Morgan fingerprint density at radius 3 is 2.27 bits per heavy atom. The maximum Gasteiger partial charge on any atom is 0.333 e. The standard InChI is InChI=1S/C12H24NO2/c1-11(2)12(14)15-10-8-6-7-9-13(3,4)5/h1,6-10H2,2-5H3/q+1. The fraction of sp³-hybridized carbons (Fsp3) is 0.750. The van der Waals surface area contributed by atoms with Crippen LogP contribution >= 0.6 is 0 Å². The number of hydrogen-bond acceptors (Lipinski definition) is 2. The zero-order valence-electron chi connectivity index (χ0n) is 10.5. The molecule has 0 saturated heterocycles. The number of carbonyl (C=O) groups is 1. The molecule has 0 fully saturated rings. The van der Waals surface area contributed by atoms with Crippen molar-refractivity contribution in [3.8, 4) is 0 Å². The van der Waals surface area contributed by atoms with Gasteiger partial charge in [-0.15, -0.1) is 0 Å². The molecule has 0 saturated carbocycles. The molecule has 0 bridgehead atoms. The van der Waals surface area contributed by atoms with Gasteiger partial charge in [0.25, 0.3) is 0 Å². The summed E-state index contributed by atoms with van der Waals surface area (Å²) < 4.78 is 5.98. The molecule has 0 N–H and O–H groups in total. The van der Waals surface area contributed by atoms with Gasteiger partial charge in [-0.25, -0.2) is 4.79 Å². The van der Waals surface area contributed by atoms with Crippen LogP contribution in [-0.2, 0) is 9.53 Å². The maximum absolute atomic E-state index is 11.0. The lowest BCUT2D eigenvalue weighted by molar-refractivity contribution is -0.870. The fourth-order valence-electron chi connectivity index (χ4n) is 1.15. The topological polar surface area (TPSA) is 26.3 Å². The molecule has 0 amide bonds. The highest BCUT2D eigenvalue weighted by atomic mass is 16.5. The molecule has 88 valence electrons. The van der Waals surface area contributed by atoms with Crippen LogP contribution in [0.1, 0.15) is 26.2 Å². The molecule has 3 heteroatoms. The quantitative estimate of drug-likeness (QED) is 0.280. The van der Waals surface area contributed by atoms with Gasteiger partial charge >= 0.3 is 5.97 Å². The first kappa shape index (κ1) is 14.2. The second kappa shape index (κ2) is 6.62. The van der Waals surface area contributed by atoms with Crippen molar-refractivity contribution >= 4 is 5.97 Å². The monoisotopic (exact) mass is 214 g/mol. The number of ether oxygens (including phenoxy) is 1. The summed E-state index contributed by atoms with van der Waals surface area (Å²) in [5.74, 6) is -0.276. The van der Waals surface area contributed by atoms with E-state index in [1.165, 1.54) is 6.42 Å². The summed E-state index contributed by atoms with van der Waals surface area (Å²) in [7, 11) is 6.54. The zero-order chi connectivity index (χ0) is 11.9. The number of carbonyl (C=O) groups excluding carboxylic acids is 1. The minimum atomic E-state index is -0.276. The second-order valence-electron chi connectivity index (χ2n) is 4.99. The van der Waals surface area contributed by atoms with Gasteiger partial charge in [0.1, 0.15) is 0 Å². The Morgan fingerprint density at radius 2 is 1.80 bits per heavy atom. The van der Waals surface area contributed by atoms with Crippen molar-refractivity contribution in [2.45, 2.75) is 26.2 Å². The number of rotatable bonds is 7. The normalized spacial score (nSPS) is 11.2. The molecular formula is C12H24NO2+. The number of unbranched alkanes of at least 4 members (excludes halogenated alkanes) is 2. The number of quaternary nitrogens is 1. The van der Waals surface area contributed by atoms with E-state index >= 15 is 0 Å². The van der Waals surface area contributed by atoms with Crippen LogP contribution in [0.15, 0.2) is 12.2 Å². The molecule has 0 aliphatic heterocycles. The van der Waals surface area contributed by atoms with Gasteiger partial charge in [-0.3, -0.25) is 0 Å². The van der Waals surface area contributed by atoms with Crippen molar-refractivity contribution in [1.82, 2.24) is 0 Å². The van der Waals surface area contributed by atoms with Crippen molar-refractivity contribution in [1.29, 1.82) is 0 Å². The molecule has 0 aliphatic carbocycles. The summed E-state index contributed by atoms with van der Waals surface area (Å²) in [6.07, 6.45) is 3.23. The third-order valence-corrected chi connectivity index (χ3v) is 2.05. The molecule has 0 aromatic heterocycles. The van der Waals surface area contributed by atoms with Gasteiger partial charge in [0.15, 0.2) is 0 Å². The van der Waals surface area contributed by atoms with Crippen LogP contribution in [0, 0.1) is 0 Å². The predicted molar refractivity (Wildman–Crippen MR) is 62.5 cm³/mol. The molecule has 0 aliphatic rings. The average Bonchev–Trinajstić information content (AvgIpc) is 2.08. The zero-order valence-corrected chi connectivity index (χ0v) is 10.5. The van der Waals surface area contributed by atoms with Gasteiger partial charge in [-0.1, -0.05) is 6.58 Å². The van der Waals surface area contributed by atoms with Crippen molar-refractivity contribution in [3.05, 3.63) is 12.2 Å². The SMILES string of the molecule is C=C(C)C(=O)OCCCCC[N+](C)(C)C. The largest absolute Gasteiger partial charge is 0.462 e. The number of hydrogen-bond donors (Lipinski definition) is 0. The number of nitrogens with zero attached hydrogens (tertiary/aromatic N) is 1. The van der Waals surface area contributed by atoms with E-state index in [9.17, 15) is 4.79 Å². The summed E-state index contributed by atoms with van der Waals surface area (Å²) in [6.45, 7) is 6.87. The van der Waals surface area contributed by atoms with Crippen molar-refractivity contribution < 1.29 is 14.0 Å². The van der Waals surface area contributed by atoms with Crippen LogP contribution in [0.2, 0.25) is 0 Å². The lowest BCUT2D eigenvalue weighted by Crippen LogP contribution is -2.35. The minimum absolute atomic E-state index is 0.276. The van der Waals surface area contributed by atoms with Gasteiger partial charge < -0.3 is 9.22 Å². The third kappa shape index (κ3) is 9.47. The Bertz CT molecular complexity index is 216. The molecule has 0 radical (unpaired) electrons. The van der Waals surface area contributed by atoms with Crippen LogP contribution in [0.5, 0.6) is 0 Å². The molecule has 3 nitrogen and oxygen atoms in total. The van der Waals surface area contributed by atoms with E-state index in [4.69, 9.17) is 4.74 Å². The van der Waals surface area contributed by atoms with E-state index in [1.807, 2.05) is 0 Å². The minimum Gasteiger partial charge on any atom is -0.462 e. The van der Waals surface area contributed by atoms with Gasteiger partial charge in [0.05, 0.1) is 34.3 Å². The molecule has 0 heterocycles. The molecule has 15 heavy (non-hydrogen) atoms. The highest BCUT2D eigenvalue weighted by Gasteiger charge is 2.06. The molecule has 0 spiro atoms. The van der Waals surface area contributed by atoms with E-state index < -0.39 is 0 Å². The van der Waals surface area contributed by atoms with Gasteiger partial charge in [0.2, 0.25) is 0 Å². The Morgan fingerprint density at radius 1 is 1.20 bits per heavy atom. The van der Waals surface area contributed by atoms with E-state index in [1.54, 1.807) is 6.92 Å². The first-order valence-electron chi connectivity index (χ1n) is 5.46. The smallest absolute Gasteiger partial charge is 0.333 e. The lowest BCUT2D eigenvalue weighted by Gasteiger charge is -2.23. The van der Waals surface area contributed by atoms with E-state index in [0.717, 1.165) is 23.9 Å². The lowest BCUT2D eigenvalue weighted by atomic mass is 10.2. The second-order valence-corrected chi connectivity index (χ2v) is 4.99. The molecule has 0 rings (SSSR count). The molecule has 0 aromatic rings. The van der Waals surface area contributed by atoms with Gasteiger partial charge in [0, 0.05) is 5.57 Å². The van der Waals surface area contributed by atoms with Gasteiger partial charge in [-0.2, -0.15) is 0 Å². The third-order valence-electron chi connectivity index (χ3n) is 2.05. The van der Waals surface area contributed by atoms with E-state index in [-0.39, 0.29) is 5.97 Å². The molecular weight excluding hydrogens is 190 g/mol. The van der Waals surface area contributed by atoms with Crippen LogP contribution in [0.25, 0.3) is 0 Å². The van der Waals surface area contributed by atoms with E-state index in [0.29, 0.717) is 12.2 Å². The first-order valence-corrected chi connectivity index (χ1v) is 5.46.